The van der Waals surface area contributed by atoms with Crippen LogP contribution in [0.4, 0.5) is 0 Å². The van der Waals surface area contributed by atoms with E-state index in [0.29, 0.717) is 11.1 Å². The highest BCUT2D eigenvalue weighted by molar-refractivity contribution is 5.94. The van der Waals surface area contributed by atoms with E-state index in [4.69, 9.17) is 5.21 Å². The summed E-state index contributed by atoms with van der Waals surface area (Å²) in [6.07, 6.45) is 0. The predicted molar refractivity (Wildman–Crippen MR) is 91.0 cm³/mol. The van der Waals surface area contributed by atoms with Crippen LogP contribution in [-0.4, -0.2) is 33.5 Å². The number of benzene rings is 2. The lowest BCUT2D eigenvalue weighted by molar-refractivity contribution is 0.0706. The molecule has 0 fully saturated rings. The van der Waals surface area contributed by atoms with E-state index in [1.54, 1.807) is 29.7 Å². The molecule has 0 saturated heterocycles. The molecule has 2 amide bonds. The van der Waals surface area contributed by atoms with Crippen molar-refractivity contribution in [3.05, 3.63) is 65.5 Å². The minimum absolute atomic E-state index is 0.161. The molecule has 124 valence electrons. The number of nitrogens with one attached hydrogen (secondary N) is 3. The highest BCUT2D eigenvalue weighted by Gasteiger charge is 2.09. The van der Waals surface area contributed by atoms with Crippen molar-refractivity contribution in [1.29, 1.82) is 0 Å². The number of para-hydroxylation sites is 2. The van der Waals surface area contributed by atoms with Crippen molar-refractivity contribution >= 4 is 22.8 Å². The molecule has 0 aliphatic carbocycles. The number of rotatable bonds is 3. The van der Waals surface area contributed by atoms with Crippen LogP contribution in [0, 0.1) is 11.8 Å². The van der Waals surface area contributed by atoms with Crippen LogP contribution in [0.15, 0.2) is 48.5 Å². The fourth-order valence-corrected chi connectivity index (χ4v) is 2.18. The highest BCUT2D eigenvalue weighted by Crippen LogP contribution is 2.09. The van der Waals surface area contributed by atoms with Crippen molar-refractivity contribution in [2.75, 3.05) is 6.54 Å². The van der Waals surface area contributed by atoms with E-state index < -0.39 is 5.91 Å². The number of nitrogens with zero attached hydrogens (tertiary/aromatic N) is 1. The van der Waals surface area contributed by atoms with Gasteiger partial charge in [-0.25, -0.2) is 10.5 Å². The molecule has 3 rings (SSSR count). The van der Waals surface area contributed by atoms with Gasteiger partial charge in [0.25, 0.3) is 11.8 Å². The van der Waals surface area contributed by atoms with Crippen LogP contribution in [-0.2, 0) is 0 Å². The van der Waals surface area contributed by atoms with Crippen molar-refractivity contribution in [3.63, 3.8) is 0 Å². The molecule has 0 unspecified atom stereocenters. The maximum absolute atomic E-state index is 12.0. The minimum Gasteiger partial charge on any atom is -0.338 e. The number of fused-ring (bicyclic) bond motifs is 1. The average Bonchev–Trinajstić information content (AvgIpc) is 3.09. The molecule has 2 aromatic carbocycles. The number of imidazole rings is 1. The molecule has 0 aliphatic rings. The summed E-state index contributed by atoms with van der Waals surface area (Å²) in [6, 6.07) is 13.8. The molecule has 0 aliphatic heterocycles. The van der Waals surface area contributed by atoms with E-state index in [0.717, 1.165) is 11.0 Å². The second-order valence-corrected chi connectivity index (χ2v) is 5.11. The summed E-state index contributed by atoms with van der Waals surface area (Å²) in [5.41, 5.74) is 4.10. The van der Waals surface area contributed by atoms with Crippen molar-refractivity contribution in [3.8, 4) is 11.8 Å². The average molecular weight is 334 g/mol. The SMILES string of the molecule is O=C(NO)c1ccc(C#CCNC(=O)c2nc3ccccc3[nH]2)cc1. The topological polar surface area (TPSA) is 107 Å². The van der Waals surface area contributed by atoms with Crippen molar-refractivity contribution in [1.82, 2.24) is 20.8 Å². The number of hydrogen-bond acceptors (Lipinski definition) is 4. The van der Waals surface area contributed by atoms with E-state index >= 15 is 0 Å². The molecule has 7 nitrogen and oxygen atoms in total. The second-order valence-electron chi connectivity index (χ2n) is 5.11. The lowest BCUT2D eigenvalue weighted by Gasteiger charge is -1.98. The van der Waals surface area contributed by atoms with E-state index in [-0.39, 0.29) is 18.3 Å². The number of carbonyl (C=O) groups is 2. The van der Waals surface area contributed by atoms with Crippen LogP contribution >= 0.6 is 0 Å². The van der Waals surface area contributed by atoms with Gasteiger partial charge in [-0.05, 0) is 36.4 Å². The first-order valence-electron chi connectivity index (χ1n) is 7.43. The maximum atomic E-state index is 12.0. The summed E-state index contributed by atoms with van der Waals surface area (Å²) in [4.78, 5) is 30.4. The largest absolute Gasteiger partial charge is 0.338 e. The van der Waals surface area contributed by atoms with Gasteiger partial charge in [0.05, 0.1) is 17.6 Å². The third kappa shape index (κ3) is 3.83. The fraction of sp³-hybridized carbons (Fsp3) is 0.0556. The second kappa shape index (κ2) is 7.29. The van der Waals surface area contributed by atoms with E-state index in [2.05, 4.69) is 27.1 Å². The lowest BCUT2D eigenvalue weighted by Crippen LogP contribution is -2.24. The Kier molecular flexibility index (Phi) is 4.74. The summed E-state index contributed by atoms with van der Waals surface area (Å²) in [6.45, 7) is 0.161. The normalized spacial score (nSPS) is 9.96. The molecular weight excluding hydrogens is 320 g/mol. The molecule has 4 N–H and O–H groups in total. The third-order valence-corrected chi connectivity index (χ3v) is 3.42. The Morgan fingerprint density at radius 2 is 1.84 bits per heavy atom. The quantitative estimate of drug-likeness (QED) is 0.330. The molecule has 7 heteroatoms. The Labute approximate surface area is 143 Å². The number of hydrogen-bond donors (Lipinski definition) is 4. The molecule has 0 saturated carbocycles. The van der Waals surface area contributed by atoms with E-state index in [1.165, 1.54) is 0 Å². The smallest absolute Gasteiger partial charge is 0.287 e. The van der Waals surface area contributed by atoms with Crippen LogP contribution in [0.3, 0.4) is 0 Å². The Morgan fingerprint density at radius 1 is 1.08 bits per heavy atom. The number of H-pyrrole nitrogens is 1. The summed E-state index contributed by atoms with van der Waals surface area (Å²) >= 11 is 0. The lowest BCUT2D eigenvalue weighted by atomic mass is 10.1. The molecule has 1 heterocycles. The van der Waals surface area contributed by atoms with Gasteiger partial charge in [0.1, 0.15) is 0 Å². The summed E-state index contributed by atoms with van der Waals surface area (Å²) in [5, 5.41) is 11.2. The molecule has 25 heavy (non-hydrogen) atoms. The Morgan fingerprint density at radius 3 is 2.56 bits per heavy atom. The Hall–Kier alpha value is -3.63. The van der Waals surface area contributed by atoms with E-state index in [1.807, 2.05) is 24.3 Å². The predicted octanol–water partition coefficient (Wildman–Crippen LogP) is 1.46. The zero-order valence-electron chi connectivity index (χ0n) is 13.0. The Balaban J connectivity index is 1.58. The highest BCUT2D eigenvalue weighted by atomic mass is 16.5. The van der Waals surface area contributed by atoms with Gasteiger partial charge in [-0.15, -0.1) is 0 Å². The van der Waals surface area contributed by atoms with Gasteiger partial charge < -0.3 is 10.3 Å². The van der Waals surface area contributed by atoms with Gasteiger partial charge in [0, 0.05) is 11.1 Å². The summed E-state index contributed by atoms with van der Waals surface area (Å²) in [7, 11) is 0. The van der Waals surface area contributed by atoms with Crippen molar-refractivity contribution in [2.24, 2.45) is 0 Å². The molecule has 0 atom stereocenters. The number of hydroxylamine groups is 1. The van der Waals surface area contributed by atoms with Gasteiger partial charge in [-0.2, -0.15) is 0 Å². The van der Waals surface area contributed by atoms with Gasteiger partial charge in [-0.1, -0.05) is 24.0 Å². The molecule has 0 radical (unpaired) electrons. The van der Waals surface area contributed by atoms with Crippen LogP contribution in [0.2, 0.25) is 0 Å². The zero-order chi connectivity index (χ0) is 17.6. The standard InChI is InChI=1S/C18H14N4O3/c23-17(22-25)13-9-7-12(8-10-13)4-3-11-19-18(24)16-20-14-5-1-2-6-15(14)21-16/h1-2,5-10,25H,11H2,(H,19,24)(H,20,21)(H,22,23). The first-order valence-corrected chi connectivity index (χ1v) is 7.43. The van der Waals surface area contributed by atoms with Crippen molar-refractivity contribution < 1.29 is 14.8 Å². The van der Waals surface area contributed by atoms with Gasteiger partial charge in [0.2, 0.25) is 0 Å². The first-order chi connectivity index (χ1) is 12.2. The zero-order valence-corrected chi connectivity index (χ0v) is 13.0. The molecule has 0 spiro atoms. The number of carbonyl (C=O) groups excluding carboxylic acids is 2. The molecular formula is C18H14N4O3. The molecule has 0 bridgehead atoms. The molecule has 3 aromatic rings. The maximum Gasteiger partial charge on any atom is 0.287 e. The van der Waals surface area contributed by atoms with Crippen LogP contribution in [0.25, 0.3) is 11.0 Å². The molecule has 1 aromatic heterocycles. The fourth-order valence-electron chi connectivity index (χ4n) is 2.18. The first kappa shape index (κ1) is 16.2. The van der Waals surface area contributed by atoms with Crippen LogP contribution in [0.1, 0.15) is 26.5 Å². The van der Waals surface area contributed by atoms with Crippen LogP contribution in [0.5, 0.6) is 0 Å². The van der Waals surface area contributed by atoms with Crippen LogP contribution < -0.4 is 10.8 Å². The van der Waals surface area contributed by atoms with Crippen molar-refractivity contribution in [2.45, 2.75) is 0 Å². The summed E-state index contributed by atoms with van der Waals surface area (Å²) in [5.74, 6) is 5.02. The Bertz CT molecular complexity index is 948. The monoisotopic (exact) mass is 334 g/mol. The van der Waals surface area contributed by atoms with Gasteiger partial charge in [-0.3, -0.25) is 14.8 Å². The third-order valence-electron chi connectivity index (χ3n) is 3.42. The number of aromatic amines is 1. The van der Waals surface area contributed by atoms with Gasteiger partial charge in [0.15, 0.2) is 5.82 Å². The minimum atomic E-state index is -0.586. The number of amides is 2. The summed E-state index contributed by atoms with van der Waals surface area (Å²) < 4.78 is 0. The number of aromatic nitrogens is 2. The van der Waals surface area contributed by atoms with E-state index in [9.17, 15) is 9.59 Å². The van der Waals surface area contributed by atoms with Gasteiger partial charge >= 0.3 is 0 Å².